The van der Waals surface area contributed by atoms with Crippen LogP contribution in [0, 0.1) is 0 Å². The van der Waals surface area contributed by atoms with Gasteiger partial charge in [-0.15, -0.1) is 0 Å². The number of carbonyl (C=O) groups excluding carboxylic acids is 1. The summed E-state index contributed by atoms with van der Waals surface area (Å²) < 4.78 is 11.3. The first-order valence-corrected chi connectivity index (χ1v) is 8.06. The Labute approximate surface area is 135 Å². The highest BCUT2D eigenvalue weighted by molar-refractivity contribution is 6.30. The van der Waals surface area contributed by atoms with E-state index in [0.717, 1.165) is 23.4 Å². The first-order chi connectivity index (χ1) is 10.7. The minimum absolute atomic E-state index is 0.127. The van der Waals surface area contributed by atoms with E-state index in [9.17, 15) is 4.79 Å². The second-order valence-corrected chi connectivity index (χ2v) is 6.15. The second kappa shape index (κ2) is 6.96. The summed E-state index contributed by atoms with van der Waals surface area (Å²) in [5, 5.41) is 3.90. The summed E-state index contributed by atoms with van der Waals surface area (Å²) in [4.78, 5) is 14.1. The van der Waals surface area contributed by atoms with Crippen LogP contribution in [0.4, 0.5) is 0 Å². The molecule has 1 amide bonds. The molecular weight excluding hydrogens is 304 g/mol. The Morgan fingerprint density at radius 2 is 1.82 bits per heavy atom. The highest BCUT2D eigenvalue weighted by Crippen LogP contribution is 2.31. The van der Waals surface area contributed by atoms with Crippen molar-refractivity contribution in [2.75, 3.05) is 32.8 Å². The van der Waals surface area contributed by atoms with Crippen molar-refractivity contribution in [3.8, 4) is 0 Å². The summed E-state index contributed by atoms with van der Waals surface area (Å²) in [7, 11) is 0. The monoisotopic (exact) mass is 324 g/mol. The molecule has 2 heterocycles. The number of benzene rings is 1. The Morgan fingerprint density at radius 3 is 2.45 bits per heavy atom. The third-order valence-corrected chi connectivity index (χ3v) is 4.46. The van der Waals surface area contributed by atoms with Crippen LogP contribution in [0.25, 0.3) is 0 Å². The minimum Gasteiger partial charge on any atom is -0.347 e. The fraction of sp³-hybridized carbons (Fsp3) is 0.562. The van der Waals surface area contributed by atoms with Crippen molar-refractivity contribution in [1.29, 1.82) is 0 Å². The van der Waals surface area contributed by atoms with E-state index in [2.05, 4.69) is 5.32 Å². The molecule has 0 unspecified atom stereocenters. The van der Waals surface area contributed by atoms with Crippen molar-refractivity contribution in [3.63, 3.8) is 0 Å². The molecule has 22 heavy (non-hydrogen) atoms. The van der Waals surface area contributed by atoms with Gasteiger partial charge in [-0.1, -0.05) is 23.7 Å². The van der Waals surface area contributed by atoms with E-state index >= 15 is 0 Å². The maximum absolute atomic E-state index is 12.2. The van der Waals surface area contributed by atoms with Gasteiger partial charge in [0.05, 0.1) is 19.8 Å². The van der Waals surface area contributed by atoms with Crippen LogP contribution in [0.5, 0.6) is 0 Å². The molecule has 5 nitrogen and oxygen atoms in total. The molecular formula is C16H21ClN2O3. The molecule has 2 saturated heterocycles. The zero-order valence-electron chi connectivity index (χ0n) is 12.5. The summed E-state index contributed by atoms with van der Waals surface area (Å²) in [6.07, 6.45) is 1.52. The molecule has 2 aliphatic heterocycles. The van der Waals surface area contributed by atoms with Crippen LogP contribution in [-0.4, -0.2) is 49.4 Å². The van der Waals surface area contributed by atoms with Gasteiger partial charge in [-0.3, -0.25) is 4.79 Å². The molecule has 2 fully saturated rings. The van der Waals surface area contributed by atoms with Crippen molar-refractivity contribution >= 4 is 17.5 Å². The van der Waals surface area contributed by atoms with Crippen LogP contribution in [0.3, 0.4) is 0 Å². The van der Waals surface area contributed by atoms with E-state index in [1.165, 1.54) is 0 Å². The predicted octanol–water partition coefficient (Wildman–Crippen LogP) is 1.80. The molecule has 0 radical (unpaired) electrons. The average Bonchev–Trinajstić information content (AvgIpc) is 2.98. The van der Waals surface area contributed by atoms with Gasteiger partial charge in [0.2, 0.25) is 5.91 Å². The van der Waals surface area contributed by atoms with E-state index in [-0.39, 0.29) is 5.91 Å². The van der Waals surface area contributed by atoms with Crippen LogP contribution in [-0.2, 0) is 20.8 Å². The Balaban J connectivity index is 1.40. The molecule has 6 heteroatoms. The number of amides is 1. The molecule has 0 aliphatic carbocycles. The van der Waals surface area contributed by atoms with Gasteiger partial charge in [-0.25, -0.2) is 0 Å². The quantitative estimate of drug-likeness (QED) is 0.917. The smallest absolute Gasteiger partial charge is 0.236 e. The van der Waals surface area contributed by atoms with Crippen LogP contribution >= 0.6 is 11.6 Å². The van der Waals surface area contributed by atoms with Crippen molar-refractivity contribution < 1.29 is 14.3 Å². The summed E-state index contributed by atoms with van der Waals surface area (Å²) >= 11 is 5.85. The fourth-order valence-electron chi connectivity index (χ4n) is 2.91. The van der Waals surface area contributed by atoms with Gasteiger partial charge in [0.25, 0.3) is 0 Å². The number of piperidine rings is 1. The number of halogens is 1. The van der Waals surface area contributed by atoms with Gasteiger partial charge in [0.15, 0.2) is 5.79 Å². The molecule has 0 atom stereocenters. The van der Waals surface area contributed by atoms with E-state index in [0.29, 0.717) is 39.4 Å². The SMILES string of the molecule is O=C(CNCc1ccc(Cl)cc1)N1CCC2(CC1)OCCO2. The molecule has 0 bridgehead atoms. The molecule has 1 N–H and O–H groups in total. The first kappa shape index (κ1) is 15.7. The van der Waals surface area contributed by atoms with Gasteiger partial charge < -0.3 is 19.7 Å². The molecule has 2 aliphatic rings. The fourth-order valence-corrected chi connectivity index (χ4v) is 3.04. The van der Waals surface area contributed by atoms with Gasteiger partial charge in [-0.05, 0) is 17.7 Å². The molecule has 0 aromatic heterocycles. The summed E-state index contributed by atoms with van der Waals surface area (Å²) in [5.41, 5.74) is 1.11. The number of ether oxygens (including phenoxy) is 2. The van der Waals surface area contributed by atoms with Crippen molar-refractivity contribution in [2.45, 2.75) is 25.2 Å². The third kappa shape index (κ3) is 3.79. The summed E-state index contributed by atoms with van der Waals surface area (Å²) in [6, 6.07) is 7.62. The highest BCUT2D eigenvalue weighted by atomic mass is 35.5. The summed E-state index contributed by atoms with van der Waals surface area (Å²) in [6.45, 7) is 3.72. The number of hydrogen-bond donors (Lipinski definition) is 1. The van der Waals surface area contributed by atoms with Crippen LogP contribution in [0.2, 0.25) is 5.02 Å². The zero-order chi connectivity index (χ0) is 15.4. The number of rotatable bonds is 4. The number of nitrogens with zero attached hydrogens (tertiary/aromatic N) is 1. The lowest BCUT2D eigenvalue weighted by atomic mass is 10.0. The molecule has 3 rings (SSSR count). The molecule has 1 spiro atoms. The lowest BCUT2D eigenvalue weighted by Crippen LogP contribution is -2.49. The van der Waals surface area contributed by atoms with Crippen LogP contribution in [0.15, 0.2) is 24.3 Å². The number of hydrogen-bond acceptors (Lipinski definition) is 4. The average molecular weight is 325 g/mol. The minimum atomic E-state index is -0.423. The normalized spacial score (nSPS) is 20.5. The van der Waals surface area contributed by atoms with Gasteiger partial charge in [0.1, 0.15) is 0 Å². The van der Waals surface area contributed by atoms with Gasteiger partial charge >= 0.3 is 0 Å². The van der Waals surface area contributed by atoms with Crippen LogP contribution < -0.4 is 5.32 Å². The molecule has 0 saturated carbocycles. The number of likely N-dealkylation sites (tertiary alicyclic amines) is 1. The standard InChI is InChI=1S/C16H21ClN2O3/c17-14-3-1-13(2-4-14)11-18-12-15(20)19-7-5-16(6-8-19)21-9-10-22-16/h1-4,18H,5-12H2. The number of carbonyl (C=O) groups is 1. The summed E-state index contributed by atoms with van der Waals surface area (Å²) in [5.74, 6) is -0.296. The number of nitrogens with one attached hydrogen (secondary N) is 1. The van der Waals surface area contributed by atoms with E-state index < -0.39 is 5.79 Å². The molecule has 1 aromatic rings. The van der Waals surface area contributed by atoms with Gasteiger partial charge in [-0.2, -0.15) is 0 Å². The topological polar surface area (TPSA) is 50.8 Å². The van der Waals surface area contributed by atoms with Crippen LogP contribution in [0.1, 0.15) is 18.4 Å². The molecule has 120 valence electrons. The Bertz CT molecular complexity index is 505. The maximum atomic E-state index is 12.2. The Hall–Kier alpha value is -1.14. The largest absolute Gasteiger partial charge is 0.347 e. The van der Waals surface area contributed by atoms with E-state index in [4.69, 9.17) is 21.1 Å². The van der Waals surface area contributed by atoms with Crippen molar-refractivity contribution in [1.82, 2.24) is 10.2 Å². The second-order valence-electron chi connectivity index (χ2n) is 5.72. The predicted molar refractivity (Wildman–Crippen MR) is 83.6 cm³/mol. The van der Waals surface area contributed by atoms with E-state index in [1.54, 1.807) is 0 Å². The Morgan fingerprint density at radius 1 is 1.18 bits per heavy atom. The third-order valence-electron chi connectivity index (χ3n) is 4.21. The van der Waals surface area contributed by atoms with Gasteiger partial charge in [0, 0.05) is 37.5 Å². The van der Waals surface area contributed by atoms with Crippen molar-refractivity contribution in [2.24, 2.45) is 0 Å². The molecule has 1 aromatic carbocycles. The van der Waals surface area contributed by atoms with E-state index in [1.807, 2.05) is 29.2 Å². The maximum Gasteiger partial charge on any atom is 0.236 e. The lowest BCUT2D eigenvalue weighted by Gasteiger charge is -2.37. The zero-order valence-corrected chi connectivity index (χ0v) is 13.3. The Kier molecular flexibility index (Phi) is 4.98. The lowest BCUT2D eigenvalue weighted by molar-refractivity contribution is -0.187. The van der Waals surface area contributed by atoms with Crippen molar-refractivity contribution in [3.05, 3.63) is 34.9 Å². The highest BCUT2D eigenvalue weighted by Gasteiger charge is 2.40. The first-order valence-electron chi connectivity index (χ1n) is 7.68.